The first-order valence-electron chi connectivity index (χ1n) is 11.6. The van der Waals surface area contributed by atoms with Gasteiger partial charge in [0.2, 0.25) is 0 Å². The van der Waals surface area contributed by atoms with Crippen molar-refractivity contribution in [2.24, 2.45) is 5.10 Å². The summed E-state index contributed by atoms with van der Waals surface area (Å²) in [5, 5.41) is 5.82. The molecular formula is C29H16Br2Cl2IN3O3. The van der Waals surface area contributed by atoms with Crippen LogP contribution in [0.5, 0.6) is 5.75 Å². The fourth-order valence-electron chi connectivity index (χ4n) is 4.07. The standard InChI is InChI=1S/C29H16Br2Cl2IN3O3/c30-16-12-15(27(20(31)13-16)40-29(39)18-7-2-4-10-22(18)33)14-35-37-28(38)26-24(17-6-1-3-9-21(17)32)19-8-5-11-23(34)25(19)36-26/h1-14,36H,(H,37,38). The van der Waals surface area contributed by atoms with E-state index in [1.807, 2.05) is 36.4 Å². The number of H-pyrrole nitrogens is 1. The van der Waals surface area contributed by atoms with Crippen LogP contribution >= 0.6 is 77.7 Å². The van der Waals surface area contributed by atoms with Crippen LogP contribution < -0.4 is 10.2 Å². The fraction of sp³-hybridized carbons (Fsp3) is 0. The molecule has 0 aliphatic rings. The van der Waals surface area contributed by atoms with Crippen LogP contribution in [0.15, 0.2) is 92.9 Å². The lowest BCUT2D eigenvalue weighted by Gasteiger charge is -2.11. The number of hydrogen-bond acceptors (Lipinski definition) is 4. The highest BCUT2D eigenvalue weighted by atomic mass is 127. The van der Waals surface area contributed by atoms with Gasteiger partial charge in [-0.3, -0.25) is 4.79 Å². The Balaban J connectivity index is 1.47. The van der Waals surface area contributed by atoms with Crippen LogP contribution in [-0.2, 0) is 0 Å². The molecule has 0 aliphatic carbocycles. The summed E-state index contributed by atoms with van der Waals surface area (Å²) in [6.07, 6.45) is 1.39. The minimum Gasteiger partial charge on any atom is -0.421 e. The summed E-state index contributed by atoms with van der Waals surface area (Å²) in [6.45, 7) is 0. The highest BCUT2D eigenvalue weighted by Gasteiger charge is 2.22. The number of amides is 1. The van der Waals surface area contributed by atoms with E-state index in [0.717, 1.165) is 20.0 Å². The van der Waals surface area contributed by atoms with Crippen molar-refractivity contribution in [1.29, 1.82) is 0 Å². The number of fused-ring (bicyclic) bond motifs is 1. The number of hydrazone groups is 1. The maximum Gasteiger partial charge on any atom is 0.345 e. The van der Waals surface area contributed by atoms with Crippen LogP contribution in [0.25, 0.3) is 22.0 Å². The molecule has 0 atom stereocenters. The molecule has 40 heavy (non-hydrogen) atoms. The van der Waals surface area contributed by atoms with Crippen LogP contribution in [0.3, 0.4) is 0 Å². The van der Waals surface area contributed by atoms with E-state index in [9.17, 15) is 9.59 Å². The van der Waals surface area contributed by atoms with Crippen molar-refractivity contribution < 1.29 is 14.3 Å². The number of benzene rings is 4. The summed E-state index contributed by atoms with van der Waals surface area (Å²) in [5.41, 5.74) is 5.75. The van der Waals surface area contributed by atoms with Crippen LogP contribution in [0.2, 0.25) is 10.0 Å². The van der Waals surface area contributed by atoms with Gasteiger partial charge >= 0.3 is 5.97 Å². The molecule has 0 spiro atoms. The van der Waals surface area contributed by atoms with Crippen molar-refractivity contribution in [1.82, 2.24) is 10.4 Å². The van der Waals surface area contributed by atoms with Crippen LogP contribution in [0.4, 0.5) is 0 Å². The van der Waals surface area contributed by atoms with E-state index in [2.05, 4.69) is 70.0 Å². The molecule has 0 unspecified atom stereocenters. The van der Waals surface area contributed by atoms with E-state index >= 15 is 0 Å². The van der Waals surface area contributed by atoms with Gasteiger partial charge in [0.1, 0.15) is 5.69 Å². The van der Waals surface area contributed by atoms with Crippen molar-refractivity contribution >= 4 is 107 Å². The smallest absolute Gasteiger partial charge is 0.345 e. The second kappa shape index (κ2) is 12.4. The first kappa shape index (κ1) is 28.8. The highest BCUT2D eigenvalue weighted by molar-refractivity contribution is 14.1. The molecule has 6 nitrogen and oxygen atoms in total. The van der Waals surface area contributed by atoms with Gasteiger partial charge in [0.05, 0.1) is 26.8 Å². The molecule has 0 saturated heterocycles. The van der Waals surface area contributed by atoms with Crippen molar-refractivity contribution in [3.63, 3.8) is 0 Å². The molecule has 0 bridgehead atoms. The predicted molar refractivity (Wildman–Crippen MR) is 175 cm³/mol. The fourth-order valence-corrected chi connectivity index (χ4v) is 6.49. The summed E-state index contributed by atoms with van der Waals surface area (Å²) in [7, 11) is 0. The van der Waals surface area contributed by atoms with Crippen molar-refractivity contribution in [3.8, 4) is 16.9 Å². The molecule has 2 N–H and O–H groups in total. The summed E-state index contributed by atoms with van der Waals surface area (Å²) in [4.78, 5) is 29.5. The molecule has 5 aromatic rings. The number of aromatic amines is 1. The zero-order valence-electron chi connectivity index (χ0n) is 20.1. The third-order valence-corrected chi connectivity index (χ3v) is 8.45. The summed E-state index contributed by atoms with van der Waals surface area (Å²) in [5.74, 6) is -0.894. The first-order chi connectivity index (χ1) is 19.2. The second-order valence-corrected chi connectivity index (χ2v) is 12.1. The lowest BCUT2D eigenvalue weighted by molar-refractivity contribution is 0.0733. The number of hydrogen-bond donors (Lipinski definition) is 2. The molecule has 4 aromatic carbocycles. The molecule has 11 heteroatoms. The van der Waals surface area contributed by atoms with E-state index in [0.29, 0.717) is 30.8 Å². The Kier molecular flexibility index (Phi) is 8.96. The largest absolute Gasteiger partial charge is 0.421 e. The molecule has 0 fully saturated rings. The Morgan fingerprint density at radius 3 is 2.42 bits per heavy atom. The number of halogens is 5. The number of carbonyl (C=O) groups is 2. The maximum atomic E-state index is 13.4. The maximum absolute atomic E-state index is 13.4. The number of para-hydroxylation sites is 1. The molecule has 1 aromatic heterocycles. The van der Waals surface area contributed by atoms with Gasteiger partial charge in [-0.25, -0.2) is 10.2 Å². The van der Waals surface area contributed by atoms with Gasteiger partial charge in [-0.2, -0.15) is 5.10 Å². The molecule has 0 aliphatic heterocycles. The van der Waals surface area contributed by atoms with Crippen LogP contribution in [0.1, 0.15) is 26.4 Å². The van der Waals surface area contributed by atoms with E-state index in [1.165, 1.54) is 6.21 Å². The Morgan fingerprint density at radius 1 is 0.950 bits per heavy atom. The number of ether oxygens (including phenoxy) is 1. The van der Waals surface area contributed by atoms with Gasteiger partial charge in [-0.1, -0.05) is 81.6 Å². The molecule has 1 amide bonds. The molecule has 0 radical (unpaired) electrons. The summed E-state index contributed by atoms with van der Waals surface area (Å²) < 4.78 is 7.83. The van der Waals surface area contributed by atoms with Gasteiger partial charge in [0.15, 0.2) is 5.75 Å². The average molecular weight is 812 g/mol. The van der Waals surface area contributed by atoms with Crippen molar-refractivity contribution in [2.45, 2.75) is 0 Å². The van der Waals surface area contributed by atoms with Crippen LogP contribution in [0, 0.1) is 3.57 Å². The summed E-state index contributed by atoms with van der Waals surface area (Å²) >= 11 is 21.8. The molecular weight excluding hydrogens is 796 g/mol. The first-order valence-corrected chi connectivity index (χ1v) is 15.0. The Hall–Kier alpha value is -2.70. The number of carbonyl (C=O) groups excluding carboxylic acids is 2. The monoisotopic (exact) mass is 809 g/mol. The minimum absolute atomic E-state index is 0.211. The molecule has 1 heterocycles. The average Bonchev–Trinajstić information content (AvgIpc) is 3.32. The van der Waals surface area contributed by atoms with E-state index in [1.54, 1.807) is 42.5 Å². The molecule has 5 rings (SSSR count). The van der Waals surface area contributed by atoms with Gasteiger partial charge < -0.3 is 9.72 Å². The van der Waals surface area contributed by atoms with E-state index < -0.39 is 11.9 Å². The topological polar surface area (TPSA) is 83.5 Å². The third-order valence-electron chi connectivity index (χ3n) is 5.85. The lowest BCUT2D eigenvalue weighted by Crippen LogP contribution is -2.19. The third kappa shape index (κ3) is 5.99. The number of nitrogens with zero attached hydrogens (tertiary/aromatic N) is 1. The Labute approximate surface area is 269 Å². The van der Waals surface area contributed by atoms with Gasteiger partial charge in [0.25, 0.3) is 5.91 Å². The minimum atomic E-state index is -0.635. The summed E-state index contributed by atoms with van der Waals surface area (Å²) in [6, 6.07) is 23.2. The number of rotatable bonds is 6. The predicted octanol–water partition coefficient (Wildman–Crippen LogP) is 9.25. The van der Waals surface area contributed by atoms with Gasteiger partial charge in [-0.15, -0.1) is 0 Å². The zero-order chi connectivity index (χ0) is 28.4. The van der Waals surface area contributed by atoms with Crippen LogP contribution in [-0.4, -0.2) is 23.1 Å². The SMILES string of the molecule is O=C(Oc1c(Br)cc(Br)cc1C=NNC(=O)c1[nH]c2c(I)cccc2c1-c1ccccc1Cl)c1ccccc1Cl. The Bertz CT molecular complexity index is 1820. The lowest BCUT2D eigenvalue weighted by atomic mass is 10.0. The van der Waals surface area contributed by atoms with Crippen molar-refractivity contribution in [2.75, 3.05) is 0 Å². The quantitative estimate of drug-likeness (QED) is 0.0590. The highest BCUT2D eigenvalue weighted by Crippen LogP contribution is 2.38. The number of aromatic nitrogens is 1. The second-order valence-electron chi connectivity index (χ2n) is 8.39. The Morgan fingerprint density at radius 2 is 1.68 bits per heavy atom. The normalized spacial score (nSPS) is 11.2. The molecule has 0 saturated carbocycles. The zero-order valence-corrected chi connectivity index (χ0v) is 27.0. The number of esters is 1. The number of nitrogens with one attached hydrogen (secondary N) is 2. The van der Waals surface area contributed by atoms with E-state index in [4.69, 9.17) is 27.9 Å². The van der Waals surface area contributed by atoms with Crippen molar-refractivity contribution in [3.05, 3.63) is 118 Å². The van der Waals surface area contributed by atoms with Gasteiger partial charge in [-0.05, 0) is 74.9 Å². The molecule has 200 valence electrons. The van der Waals surface area contributed by atoms with E-state index in [-0.39, 0.29) is 16.3 Å². The van der Waals surface area contributed by atoms with Gasteiger partial charge in [0, 0.05) is 35.1 Å².